The fraction of sp³-hybridized carbons (Fsp3) is 0.870. The maximum absolute atomic E-state index is 12.0. The van der Waals surface area contributed by atoms with E-state index in [-0.39, 0.29) is 5.92 Å². The molecular formula is C23H45NO2Si. The smallest absolute Gasteiger partial charge is 0.229 e. The Bertz CT molecular complexity index is 442. The molecule has 27 heavy (non-hydrogen) atoms. The number of rotatable bonds is 14. The first kappa shape index (κ1) is 24.4. The van der Waals surface area contributed by atoms with Gasteiger partial charge in [-0.2, -0.15) is 0 Å². The molecule has 1 heterocycles. The number of nitrogens with zero attached hydrogens (tertiary/aromatic N) is 1. The topological polar surface area (TPSA) is 29.5 Å². The minimum atomic E-state index is -1.55. The Balaban J connectivity index is 1.88. The van der Waals surface area contributed by atoms with Crippen LogP contribution in [0.2, 0.25) is 18.1 Å². The molecule has 3 nitrogen and oxygen atoms in total. The molecule has 4 heteroatoms. The van der Waals surface area contributed by atoms with Gasteiger partial charge in [0.2, 0.25) is 5.91 Å². The van der Waals surface area contributed by atoms with Crippen LogP contribution in [0.25, 0.3) is 0 Å². The molecule has 0 aromatic heterocycles. The SMILES string of the molecule is C=CN1CCC(CCCCCCCCCCCO[Si](C)(C)C(C)(C)C)C1=O. The molecule has 0 saturated carbocycles. The van der Waals surface area contributed by atoms with E-state index >= 15 is 0 Å². The highest BCUT2D eigenvalue weighted by atomic mass is 28.4. The lowest BCUT2D eigenvalue weighted by atomic mass is 9.99. The molecule has 1 aliphatic rings. The summed E-state index contributed by atoms with van der Waals surface area (Å²) in [6.07, 6.45) is 15.5. The largest absolute Gasteiger partial charge is 0.417 e. The van der Waals surface area contributed by atoms with Crippen molar-refractivity contribution in [1.29, 1.82) is 0 Å². The Labute approximate surface area is 170 Å². The quantitative estimate of drug-likeness (QED) is 0.236. The van der Waals surface area contributed by atoms with E-state index < -0.39 is 8.32 Å². The number of unbranched alkanes of at least 4 members (excludes halogenated alkanes) is 8. The number of likely N-dealkylation sites (tertiary alicyclic amines) is 1. The monoisotopic (exact) mass is 395 g/mol. The van der Waals surface area contributed by atoms with E-state index in [1.165, 1.54) is 57.8 Å². The molecule has 0 aliphatic carbocycles. The summed E-state index contributed by atoms with van der Waals surface area (Å²) < 4.78 is 6.24. The van der Waals surface area contributed by atoms with Crippen LogP contribution in [0.5, 0.6) is 0 Å². The van der Waals surface area contributed by atoms with Gasteiger partial charge >= 0.3 is 0 Å². The molecule has 1 saturated heterocycles. The number of hydrogen-bond acceptors (Lipinski definition) is 2. The third-order valence-electron chi connectivity index (χ3n) is 6.54. The summed E-state index contributed by atoms with van der Waals surface area (Å²) in [5.74, 6) is 0.555. The molecular weight excluding hydrogens is 350 g/mol. The molecule has 0 aromatic carbocycles. The lowest BCUT2D eigenvalue weighted by molar-refractivity contribution is -0.128. The molecule has 1 atom stereocenters. The zero-order valence-electron chi connectivity index (χ0n) is 18.8. The molecule has 0 bridgehead atoms. The summed E-state index contributed by atoms with van der Waals surface area (Å²) in [6.45, 7) is 17.1. The van der Waals surface area contributed by atoms with Crippen LogP contribution in [0, 0.1) is 5.92 Å². The number of carbonyl (C=O) groups is 1. The summed E-state index contributed by atoms with van der Waals surface area (Å²) in [6, 6.07) is 0. The van der Waals surface area contributed by atoms with Gasteiger partial charge in [-0.1, -0.05) is 78.7 Å². The van der Waals surface area contributed by atoms with Gasteiger partial charge in [-0.15, -0.1) is 0 Å². The number of amides is 1. The first-order chi connectivity index (χ1) is 12.7. The van der Waals surface area contributed by atoms with E-state index in [0.717, 1.165) is 26.0 Å². The highest BCUT2D eigenvalue weighted by Gasteiger charge is 2.36. The van der Waals surface area contributed by atoms with Crippen LogP contribution >= 0.6 is 0 Å². The third-order valence-corrected chi connectivity index (χ3v) is 11.1. The summed E-state index contributed by atoms with van der Waals surface area (Å²) in [5.41, 5.74) is 0. The Hall–Kier alpha value is -0.613. The standard InChI is InChI=1S/C23H45NO2Si/c1-7-24-19-18-21(22(24)25)17-15-13-11-9-8-10-12-14-16-20-26-27(5,6)23(2,3)4/h7,21H,1,8-20H2,2-6H3. The zero-order valence-corrected chi connectivity index (χ0v) is 19.8. The van der Waals surface area contributed by atoms with Crippen LogP contribution in [0.1, 0.15) is 91.4 Å². The highest BCUT2D eigenvalue weighted by Crippen LogP contribution is 2.36. The van der Waals surface area contributed by atoms with Gasteiger partial charge in [0, 0.05) is 19.1 Å². The van der Waals surface area contributed by atoms with Gasteiger partial charge in [-0.05, 0) is 43.6 Å². The summed E-state index contributed by atoms with van der Waals surface area (Å²) in [5, 5.41) is 0.323. The molecule has 158 valence electrons. The summed E-state index contributed by atoms with van der Waals surface area (Å²) in [7, 11) is -1.55. The van der Waals surface area contributed by atoms with Crippen LogP contribution in [0.15, 0.2) is 12.8 Å². The van der Waals surface area contributed by atoms with E-state index in [1.54, 1.807) is 11.1 Å². The first-order valence-corrected chi connectivity index (χ1v) is 14.2. The van der Waals surface area contributed by atoms with Gasteiger partial charge in [0.05, 0.1) is 0 Å². The molecule has 1 fully saturated rings. The van der Waals surface area contributed by atoms with Gasteiger partial charge in [-0.25, -0.2) is 0 Å². The second-order valence-corrected chi connectivity index (χ2v) is 14.6. The normalized spacial score (nSPS) is 18.3. The molecule has 0 radical (unpaired) electrons. The van der Waals surface area contributed by atoms with Crippen molar-refractivity contribution in [3.63, 3.8) is 0 Å². The van der Waals surface area contributed by atoms with Crippen molar-refractivity contribution in [1.82, 2.24) is 4.90 Å². The van der Waals surface area contributed by atoms with Gasteiger partial charge in [0.25, 0.3) is 0 Å². The average Bonchev–Trinajstić information content (AvgIpc) is 2.94. The summed E-state index contributed by atoms with van der Waals surface area (Å²) >= 11 is 0. The second-order valence-electron chi connectivity index (χ2n) is 9.78. The average molecular weight is 396 g/mol. The van der Waals surface area contributed by atoms with Crippen molar-refractivity contribution < 1.29 is 9.22 Å². The van der Waals surface area contributed by atoms with E-state index in [2.05, 4.69) is 40.4 Å². The van der Waals surface area contributed by atoms with Gasteiger partial charge in [-0.3, -0.25) is 4.79 Å². The van der Waals surface area contributed by atoms with Gasteiger partial charge in [0.1, 0.15) is 0 Å². The molecule has 1 rings (SSSR count). The predicted octanol–water partition coefficient (Wildman–Crippen LogP) is 6.90. The van der Waals surface area contributed by atoms with Crippen LogP contribution in [-0.4, -0.2) is 32.3 Å². The van der Waals surface area contributed by atoms with E-state index in [1.807, 2.05) is 0 Å². The van der Waals surface area contributed by atoms with Crippen molar-refractivity contribution >= 4 is 14.2 Å². The van der Waals surface area contributed by atoms with E-state index in [4.69, 9.17) is 4.43 Å². The Morgan fingerprint density at radius 3 is 2.04 bits per heavy atom. The maximum Gasteiger partial charge on any atom is 0.229 e. The first-order valence-electron chi connectivity index (χ1n) is 11.3. The van der Waals surface area contributed by atoms with Gasteiger partial charge < -0.3 is 9.33 Å². The van der Waals surface area contributed by atoms with Crippen molar-refractivity contribution in [3.05, 3.63) is 12.8 Å². The minimum absolute atomic E-state index is 0.261. The molecule has 0 N–H and O–H groups in total. The molecule has 0 spiro atoms. The summed E-state index contributed by atoms with van der Waals surface area (Å²) in [4.78, 5) is 13.8. The number of carbonyl (C=O) groups excluding carboxylic acids is 1. The fourth-order valence-corrected chi connectivity index (χ4v) is 4.57. The van der Waals surface area contributed by atoms with Gasteiger partial charge in [0.15, 0.2) is 8.32 Å². The minimum Gasteiger partial charge on any atom is -0.417 e. The lowest BCUT2D eigenvalue weighted by Crippen LogP contribution is -2.40. The highest BCUT2D eigenvalue weighted by molar-refractivity contribution is 6.74. The Morgan fingerprint density at radius 1 is 1.04 bits per heavy atom. The van der Waals surface area contributed by atoms with Crippen molar-refractivity contribution in [2.45, 2.75) is 110 Å². The van der Waals surface area contributed by atoms with Crippen molar-refractivity contribution in [3.8, 4) is 0 Å². The Kier molecular flexibility index (Phi) is 10.9. The van der Waals surface area contributed by atoms with Crippen LogP contribution < -0.4 is 0 Å². The predicted molar refractivity (Wildman–Crippen MR) is 119 cm³/mol. The lowest BCUT2D eigenvalue weighted by Gasteiger charge is -2.36. The van der Waals surface area contributed by atoms with Crippen molar-refractivity contribution in [2.75, 3.05) is 13.2 Å². The number of hydrogen-bond donors (Lipinski definition) is 0. The fourth-order valence-electron chi connectivity index (χ4n) is 3.49. The van der Waals surface area contributed by atoms with E-state index in [0.29, 0.717) is 10.9 Å². The molecule has 0 aromatic rings. The van der Waals surface area contributed by atoms with Crippen LogP contribution in [-0.2, 0) is 9.22 Å². The van der Waals surface area contributed by atoms with E-state index in [9.17, 15) is 4.79 Å². The van der Waals surface area contributed by atoms with Crippen molar-refractivity contribution in [2.24, 2.45) is 5.92 Å². The maximum atomic E-state index is 12.0. The molecule has 1 unspecified atom stereocenters. The second kappa shape index (κ2) is 12.1. The zero-order chi connectivity index (χ0) is 20.3. The Morgan fingerprint density at radius 2 is 1.56 bits per heavy atom. The van der Waals surface area contributed by atoms with Crippen LogP contribution in [0.4, 0.5) is 0 Å². The van der Waals surface area contributed by atoms with Crippen LogP contribution in [0.3, 0.4) is 0 Å². The molecule has 1 aliphatic heterocycles. The molecule has 1 amide bonds. The third kappa shape index (κ3) is 8.95.